The van der Waals surface area contributed by atoms with E-state index in [1.165, 1.54) is 49.7 Å². The van der Waals surface area contributed by atoms with Crippen LogP contribution in [0.1, 0.15) is 21.5 Å². The van der Waals surface area contributed by atoms with Gasteiger partial charge in [0.1, 0.15) is 18.2 Å². The van der Waals surface area contributed by atoms with E-state index in [0.29, 0.717) is 16.6 Å². The molecule has 8 heteroatoms. The molecule has 0 aliphatic carbocycles. The fourth-order valence-electron chi connectivity index (χ4n) is 3.02. The molecule has 1 heterocycles. The monoisotopic (exact) mass is 424 g/mol. The van der Waals surface area contributed by atoms with Crippen molar-refractivity contribution in [2.75, 3.05) is 7.11 Å². The summed E-state index contributed by atoms with van der Waals surface area (Å²) in [6.45, 7) is -0.153. The lowest BCUT2D eigenvalue weighted by molar-refractivity contribution is 0.103. The summed E-state index contributed by atoms with van der Waals surface area (Å²) in [5.74, 6) is -3.60. The molecule has 0 spiro atoms. The Labute approximate surface area is 175 Å². The number of hydrogen-bond acceptors (Lipinski definition) is 5. The quantitative estimate of drug-likeness (QED) is 0.414. The van der Waals surface area contributed by atoms with Crippen molar-refractivity contribution >= 4 is 16.8 Å². The fourth-order valence-corrected chi connectivity index (χ4v) is 3.02. The van der Waals surface area contributed by atoms with Gasteiger partial charge in [0.05, 0.1) is 29.9 Å². The highest BCUT2D eigenvalue weighted by Crippen LogP contribution is 2.27. The Morgan fingerprint density at radius 2 is 1.84 bits per heavy atom. The number of halogens is 3. The van der Waals surface area contributed by atoms with Crippen molar-refractivity contribution in [2.24, 2.45) is 0 Å². The second kappa shape index (κ2) is 8.43. The molecule has 0 aliphatic heterocycles. The molecule has 0 unspecified atom stereocenters. The van der Waals surface area contributed by atoms with Gasteiger partial charge in [-0.25, -0.2) is 23.1 Å². The molecule has 0 saturated heterocycles. The SMILES string of the molecule is COc1cnc2ccc(C(=O)c3c(F)ccc(OCc4cccc(F)c4)c3F)cc2n1. The molecule has 0 amide bonds. The molecule has 31 heavy (non-hydrogen) atoms. The van der Waals surface area contributed by atoms with Crippen LogP contribution in [0.15, 0.2) is 60.8 Å². The Hall–Kier alpha value is -3.94. The summed E-state index contributed by atoms with van der Waals surface area (Å²) in [7, 11) is 1.42. The largest absolute Gasteiger partial charge is 0.486 e. The minimum absolute atomic E-state index is 0.0233. The van der Waals surface area contributed by atoms with Crippen molar-refractivity contribution in [3.8, 4) is 11.6 Å². The van der Waals surface area contributed by atoms with Gasteiger partial charge in [0, 0.05) is 5.56 Å². The van der Waals surface area contributed by atoms with Crippen LogP contribution >= 0.6 is 0 Å². The molecule has 3 aromatic carbocycles. The second-order valence-corrected chi connectivity index (χ2v) is 6.60. The molecular weight excluding hydrogens is 409 g/mol. The third-order valence-electron chi connectivity index (χ3n) is 4.56. The maximum absolute atomic E-state index is 15.0. The van der Waals surface area contributed by atoms with Crippen molar-refractivity contribution in [3.63, 3.8) is 0 Å². The number of ether oxygens (including phenoxy) is 2. The molecule has 1 aromatic heterocycles. The normalized spacial score (nSPS) is 10.8. The van der Waals surface area contributed by atoms with Gasteiger partial charge in [-0.1, -0.05) is 12.1 Å². The van der Waals surface area contributed by atoms with Crippen molar-refractivity contribution in [1.29, 1.82) is 0 Å². The van der Waals surface area contributed by atoms with Crippen LogP contribution in [0, 0.1) is 17.5 Å². The van der Waals surface area contributed by atoms with Gasteiger partial charge in [-0.05, 0) is 48.0 Å². The van der Waals surface area contributed by atoms with Crippen LogP contribution in [0.2, 0.25) is 0 Å². The van der Waals surface area contributed by atoms with Crippen LogP contribution in [-0.4, -0.2) is 22.9 Å². The zero-order chi connectivity index (χ0) is 22.0. The third kappa shape index (κ3) is 4.18. The number of fused-ring (bicyclic) bond motifs is 1. The van der Waals surface area contributed by atoms with Crippen LogP contribution in [-0.2, 0) is 6.61 Å². The number of nitrogens with zero attached hydrogens (tertiary/aromatic N) is 2. The smallest absolute Gasteiger partial charge is 0.232 e. The first-order valence-electron chi connectivity index (χ1n) is 9.17. The standard InChI is InChI=1S/C23H15F3N2O3/c1-30-20-11-27-17-7-5-14(10-18(17)28-20)23(29)21-16(25)6-8-19(22(21)26)31-12-13-3-2-4-15(24)9-13/h2-11H,12H2,1H3. The number of benzene rings is 3. The highest BCUT2D eigenvalue weighted by atomic mass is 19.1. The summed E-state index contributed by atoms with van der Waals surface area (Å²) < 4.78 is 53.1. The van der Waals surface area contributed by atoms with E-state index in [2.05, 4.69) is 9.97 Å². The number of carbonyl (C=O) groups is 1. The third-order valence-corrected chi connectivity index (χ3v) is 4.56. The average molecular weight is 424 g/mol. The Morgan fingerprint density at radius 1 is 1.00 bits per heavy atom. The van der Waals surface area contributed by atoms with Gasteiger partial charge < -0.3 is 9.47 Å². The summed E-state index contributed by atoms with van der Waals surface area (Å²) in [5.41, 5.74) is 0.552. The summed E-state index contributed by atoms with van der Waals surface area (Å²) in [5, 5.41) is 0. The Morgan fingerprint density at radius 3 is 2.61 bits per heavy atom. The first-order valence-corrected chi connectivity index (χ1v) is 9.17. The van der Waals surface area contributed by atoms with E-state index >= 15 is 0 Å². The van der Waals surface area contributed by atoms with Crippen LogP contribution in [0.25, 0.3) is 11.0 Å². The molecule has 4 rings (SSSR count). The molecule has 4 aromatic rings. The first-order chi connectivity index (χ1) is 15.0. The number of carbonyl (C=O) groups excluding carboxylic acids is 1. The van der Waals surface area contributed by atoms with Gasteiger partial charge in [0.25, 0.3) is 0 Å². The van der Waals surface area contributed by atoms with E-state index in [1.54, 1.807) is 6.07 Å². The molecule has 0 bridgehead atoms. The van der Waals surface area contributed by atoms with Crippen LogP contribution in [0.4, 0.5) is 13.2 Å². The Balaban J connectivity index is 1.66. The van der Waals surface area contributed by atoms with Crippen molar-refractivity contribution in [2.45, 2.75) is 6.61 Å². The maximum atomic E-state index is 15.0. The highest BCUT2D eigenvalue weighted by molar-refractivity contribution is 6.10. The van der Waals surface area contributed by atoms with Crippen molar-refractivity contribution in [3.05, 3.63) is 94.9 Å². The van der Waals surface area contributed by atoms with Crippen LogP contribution in [0.3, 0.4) is 0 Å². The maximum Gasteiger partial charge on any atom is 0.232 e. The minimum Gasteiger partial charge on any atom is -0.486 e. The zero-order valence-electron chi connectivity index (χ0n) is 16.2. The van der Waals surface area contributed by atoms with E-state index in [-0.39, 0.29) is 23.8 Å². The summed E-state index contributed by atoms with van der Waals surface area (Å²) in [6.07, 6.45) is 1.42. The summed E-state index contributed by atoms with van der Waals surface area (Å²) in [4.78, 5) is 21.2. The van der Waals surface area contributed by atoms with Gasteiger partial charge in [-0.2, -0.15) is 0 Å². The molecule has 0 radical (unpaired) electrons. The average Bonchev–Trinajstić information content (AvgIpc) is 2.77. The van der Waals surface area contributed by atoms with Crippen LogP contribution < -0.4 is 9.47 Å². The molecule has 5 nitrogen and oxygen atoms in total. The molecular formula is C23H15F3N2O3. The number of ketones is 1. The van der Waals surface area contributed by atoms with Gasteiger partial charge in [-0.3, -0.25) is 4.79 Å². The van der Waals surface area contributed by atoms with E-state index in [0.717, 1.165) is 12.1 Å². The van der Waals surface area contributed by atoms with Crippen molar-refractivity contribution in [1.82, 2.24) is 9.97 Å². The lowest BCUT2D eigenvalue weighted by Crippen LogP contribution is -2.10. The molecule has 0 fully saturated rings. The van der Waals surface area contributed by atoms with Gasteiger partial charge in [0.15, 0.2) is 17.3 Å². The van der Waals surface area contributed by atoms with E-state index < -0.39 is 28.8 Å². The lowest BCUT2D eigenvalue weighted by atomic mass is 10.0. The predicted molar refractivity (Wildman–Crippen MR) is 107 cm³/mol. The topological polar surface area (TPSA) is 61.3 Å². The molecule has 156 valence electrons. The predicted octanol–water partition coefficient (Wildman–Crippen LogP) is 4.87. The second-order valence-electron chi connectivity index (χ2n) is 6.60. The van der Waals surface area contributed by atoms with Crippen molar-refractivity contribution < 1.29 is 27.4 Å². The first kappa shape index (κ1) is 20.3. The highest BCUT2D eigenvalue weighted by Gasteiger charge is 2.23. The number of aromatic nitrogens is 2. The van der Waals surface area contributed by atoms with E-state index in [4.69, 9.17) is 9.47 Å². The fraction of sp³-hybridized carbons (Fsp3) is 0.0870. The summed E-state index contributed by atoms with van der Waals surface area (Å²) in [6, 6.07) is 11.9. The van der Waals surface area contributed by atoms with E-state index in [1.807, 2.05) is 0 Å². The van der Waals surface area contributed by atoms with E-state index in [9.17, 15) is 18.0 Å². The Bertz CT molecular complexity index is 1290. The number of rotatable bonds is 6. The molecule has 0 N–H and O–H groups in total. The molecule has 0 atom stereocenters. The van der Waals surface area contributed by atoms with Crippen LogP contribution in [0.5, 0.6) is 11.6 Å². The van der Waals surface area contributed by atoms with Gasteiger partial charge in [0.2, 0.25) is 5.88 Å². The summed E-state index contributed by atoms with van der Waals surface area (Å²) >= 11 is 0. The number of hydrogen-bond donors (Lipinski definition) is 0. The zero-order valence-corrected chi connectivity index (χ0v) is 16.2. The van der Waals surface area contributed by atoms with Gasteiger partial charge >= 0.3 is 0 Å². The lowest BCUT2D eigenvalue weighted by Gasteiger charge is -2.11. The Kier molecular flexibility index (Phi) is 5.53. The number of methoxy groups -OCH3 is 1. The van der Waals surface area contributed by atoms with Gasteiger partial charge in [-0.15, -0.1) is 0 Å². The minimum atomic E-state index is -1.14. The molecule has 0 aliphatic rings. The molecule has 0 saturated carbocycles.